The molecule has 0 aromatic heterocycles. The summed E-state index contributed by atoms with van der Waals surface area (Å²) in [7, 11) is 1.51. The Morgan fingerprint density at radius 3 is 2.70 bits per heavy atom. The summed E-state index contributed by atoms with van der Waals surface area (Å²) in [6.07, 6.45) is 0. The number of non-ortho nitro benzene ring substituents is 1. The third-order valence-corrected chi connectivity index (χ3v) is 5.92. The van der Waals surface area contributed by atoms with Gasteiger partial charge in [-0.1, -0.05) is 18.2 Å². The molecule has 3 amide bonds. The molecule has 0 bridgehead atoms. The van der Waals surface area contributed by atoms with Crippen molar-refractivity contribution in [2.24, 2.45) is 0 Å². The van der Waals surface area contributed by atoms with Gasteiger partial charge in [-0.3, -0.25) is 19.8 Å². The number of thioether (sulfide) groups is 1. The average molecular weight is 385 g/mol. The second kappa shape index (κ2) is 6.58. The molecule has 2 aliphatic heterocycles. The van der Waals surface area contributed by atoms with Crippen LogP contribution in [0.3, 0.4) is 0 Å². The first-order valence-electron chi connectivity index (χ1n) is 8.17. The molecule has 1 unspecified atom stereocenters. The molecule has 0 saturated carbocycles. The number of anilines is 1. The second-order valence-corrected chi connectivity index (χ2v) is 7.23. The van der Waals surface area contributed by atoms with Crippen molar-refractivity contribution in [3.63, 3.8) is 0 Å². The number of amides is 3. The molecular formula is C18H15N3O5S. The van der Waals surface area contributed by atoms with E-state index in [9.17, 15) is 19.7 Å². The number of imide groups is 1. The summed E-state index contributed by atoms with van der Waals surface area (Å²) in [6, 6.07) is 11.9. The van der Waals surface area contributed by atoms with E-state index in [1.165, 1.54) is 35.9 Å². The number of urea groups is 1. The van der Waals surface area contributed by atoms with Gasteiger partial charge in [0.1, 0.15) is 17.2 Å². The van der Waals surface area contributed by atoms with Crippen molar-refractivity contribution in [1.82, 2.24) is 4.90 Å². The SMILES string of the molecule is COc1cccc(N2C(=O)[C@@H]3CSC(c4cccc([N+](=O)[O-])c4)N3C2=O)c1. The van der Waals surface area contributed by atoms with Crippen molar-refractivity contribution in [1.29, 1.82) is 0 Å². The summed E-state index contributed by atoms with van der Waals surface area (Å²) in [6.45, 7) is 0. The number of nitro benzene ring substituents is 1. The number of rotatable bonds is 4. The molecule has 9 heteroatoms. The van der Waals surface area contributed by atoms with Gasteiger partial charge in [-0.25, -0.2) is 9.69 Å². The van der Waals surface area contributed by atoms with Crippen molar-refractivity contribution >= 4 is 35.1 Å². The molecule has 2 fully saturated rings. The van der Waals surface area contributed by atoms with Gasteiger partial charge < -0.3 is 4.74 Å². The summed E-state index contributed by atoms with van der Waals surface area (Å²) in [5.74, 6) is 0.691. The van der Waals surface area contributed by atoms with Crippen molar-refractivity contribution in [2.45, 2.75) is 11.4 Å². The second-order valence-electron chi connectivity index (χ2n) is 6.12. The van der Waals surface area contributed by atoms with Gasteiger partial charge in [-0.2, -0.15) is 0 Å². The van der Waals surface area contributed by atoms with Crippen molar-refractivity contribution in [3.8, 4) is 5.75 Å². The number of benzene rings is 2. The summed E-state index contributed by atoms with van der Waals surface area (Å²) >= 11 is 1.43. The van der Waals surface area contributed by atoms with Gasteiger partial charge in [-0.15, -0.1) is 11.8 Å². The quantitative estimate of drug-likeness (QED) is 0.456. The smallest absolute Gasteiger partial charge is 0.333 e. The maximum absolute atomic E-state index is 13.0. The third kappa shape index (κ3) is 2.80. The average Bonchev–Trinajstić information content (AvgIpc) is 3.22. The fourth-order valence-corrected chi connectivity index (χ4v) is 4.73. The first kappa shape index (κ1) is 17.3. The highest BCUT2D eigenvalue weighted by Gasteiger charge is 2.53. The Bertz CT molecular complexity index is 950. The van der Waals surface area contributed by atoms with Crippen LogP contribution in [0.5, 0.6) is 5.75 Å². The van der Waals surface area contributed by atoms with E-state index in [-0.39, 0.29) is 11.6 Å². The Kier molecular flexibility index (Phi) is 4.23. The molecule has 27 heavy (non-hydrogen) atoms. The minimum Gasteiger partial charge on any atom is -0.497 e. The first-order valence-corrected chi connectivity index (χ1v) is 9.22. The molecule has 0 aliphatic carbocycles. The van der Waals surface area contributed by atoms with Crippen LogP contribution in [-0.2, 0) is 4.79 Å². The monoisotopic (exact) mass is 385 g/mol. The molecule has 138 valence electrons. The molecule has 0 radical (unpaired) electrons. The third-order valence-electron chi connectivity index (χ3n) is 4.60. The fraction of sp³-hybridized carbons (Fsp3) is 0.222. The maximum Gasteiger partial charge on any atom is 0.333 e. The van der Waals surface area contributed by atoms with Crippen molar-refractivity contribution < 1.29 is 19.2 Å². The Labute approximate surface area is 158 Å². The standard InChI is InChI=1S/C18H15N3O5S/c1-26-14-7-3-5-12(9-14)19-16(22)15-10-27-17(20(15)18(19)23)11-4-2-6-13(8-11)21(24)25/h2-9,15,17H,10H2,1H3/t15-,17?/m0/s1. The number of hydrogen-bond acceptors (Lipinski definition) is 6. The number of hydrogen-bond donors (Lipinski definition) is 0. The number of nitrogens with zero attached hydrogens (tertiary/aromatic N) is 3. The molecule has 0 N–H and O–H groups in total. The Morgan fingerprint density at radius 1 is 1.19 bits per heavy atom. The number of carbonyl (C=O) groups excluding carboxylic acids is 2. The number of fused-ring (bicyclic) bond motifs is 1. The topological polar surface area (TPSA) is 93.0 Å². The van der Waals surface area contributed by atoms with Crippen LogP contribution in [0.15, 0.2) is 48.5 Å². The zero-order valence-electron chi connectivity index (χ0n) is 14.3. The highest BCUT2D eigenvalue weighted by atomic mass is 32.2. The Balaban J connectivity index is 1.68. The predicted octanol–water partition coefficient (Wildman–Crippen LogP) is 3.19. The van der Waals surface area contributed by atoms with Crippen LogP contribution in [0, 0.1) is 10.1 Å². The van der Waals surface area contributed by atoms with E-state index in [1.807, 2.05) is 0 Å². The molecular weight excluding hydrogens is 370 g/mol. The lowest BCUT2D eigenvalue weighted by Crippen LogP contribution is -2.33. The van der Waals surface area contributed by atoms with E-state index in [0.29, 0.717) is 22.8 Å². The lowest BCUT2D eigenvalue weighted by molar-refractivity contribution is -0.384. The van der Waals surface area contributed by atoms with E-state index >= 15 is 0 Å². The molecule has 2 aromatic rings. The van der Waals surface area contributed by atoms with Gasteiger partial charge in [0, 0.05) is 24.0 Å². The number of methoxy groups -OCH3 is 1. The first-order chi connectivity index (χ1) is 13.0. The minimum atomic E-state index is -0.585. The van der Waals surface area contributed by atoms with Crippen LogP contribution in [0.4, 0.5) is 16.2 Å². The molecule has 2 atom stereocenters. The predicted molar refractivity (Wildman–Crippen MR) is 99.8 cm³/mol. The largest absolute Gasteiger partial charge is 0.497 e. The van der Waals surface area contributed by atoms with Crippen molar-refractivity contribution in [3.05, 3.63) is 64.2 Å². The highest BCUT2D eigenvalue weighted by Crippen LogP contribution is 2.46. The number of nitro groups is 1. The number of ether oxygens (including phenoxy) is 1. The van der Waals surface area contributed by atoms with Gasteiger partial charge in [-0.05, 0) is 17.7 Å². The van der Waals surface area contributed by atoms with E-state index in [4.69, 9.17) is 4.74 Å². The molecule has 2 saturated heterocycles. The van der Waals surface area contributed by atoms with Crippen LogP contribution >= 0.6 is 11.8 Å². The van der Waals surface area contributed by atoms with E-state index < -0.39 is 22.4 Å². The molecule has 2 aromatic carbocycles. The summed E-state index contributed by atoms with van der Waals surface area (Å²) in [4.78, 5) is 39.1. The normalized spacial score (nSPS) is 21.5. The molecule has 0 spiro atoms. The lowest BCUT2D eigenvalue weighted by Gasteiger charge is -2.23. The van der Waals surface area contributed by atoms with Gasteiger partial charge in [0.25, 0.3) is 11.6 Å². The van der Waals surface area contributed by atoms with Gasteiger partial charge >= 0.3 is 6.03 Å². The Hall–Kier alpha value is -3.07. The van der Waals surface area contributed by atoms with Crippen LogP contribution in [-0.4, -0.2) is 40.7 Å². The summed E-state index contributed by atoms with van der Waals surface area (Å²) in [5.41, 5.74) is 1.03. The van der Waals surface area contributed by atoms with Crippen LogP contribution in [0.2, 0.25) is 0 Å². The lowest BCUT2D eigenvalue weighted by atomic mass is 10.1. The van der Waals surface area contributed by atoms with Crippen LogP contribution in [0.25, 0.3) is 0 Å². The zero-order chi connectivity index (χ0) is 19.1. The van der Waals surface area contributed by atoms with Gasteiger partial charge in [0.05, 0.1) is 17.7 Å². The maximum atomic E-state index is 13.0. The van der Waals surface area contributed by atoms with Crippen LogP contribution < -0.4 is 9.64 Å². The summed E-state index contributed by atoms with van der Waals surface area (Å²) < 4.78 is 5.17. The fourth-order valence-electron chi connectivity index (χ4n) is 3.33. The highest BCUT2D eigenvalue weighted by molar-refractivity contribution is 7.99. The van der Waals surface area contributed by atoms with Crippen molar-refractivity contribution in [2.75, 3.05) is 17.8 Å². The van der Waals surface area contributed by atoms with E-state index in [0.717, 1.165) is 4.90 Å². The van der Waals surface area contributed by atoms with E-state index in [1.54, 1.807) is 36.4 Å². The zero-order valence-corrected chi connectivity index (χ0v) is 15.1. The van der Waals surface area contributed by atoms with Gasteiger partial charge in [0.15, 0.2) is 0 Å². The molecule has 4 rings (SSSR count). The number of carbonyl (C=O) groups is 2. The Morgan fingerprint density at radius 2 is 1.96 bits per heavy atom. The minimum absolute atomic E-state index is 0.0424. The summed E-state index contributed by atoms with van der Waals surface area (Å²) in [5, 5.41) is 10.6. The van der Waals surface area contributed by atoms with Crippen LogP contribution in [0.1, 0.15) is 10.9 Å². The molecule has 8 nitrogen and oxygen atoms in total. The molecule has 2 aliphatic rings. The van der Waals surface area contributed by atoms with Gasteiger partial charge in [0.2, 0.25) is 0 Å². The molecule has 2 heterocycles. The van der Waals surface area contributed by atoms with E-state index in [2.05, 4.69) is 0 Å².